The van der Waals surface area contributed by atoms with Gasteiger partial charge < -0.3 is 20.1 Å². The van der Waals surface area contributed by atoms with Crippen LogP contribution in [0.4, 0.5) is 16.0 Å². The molecule has 4 rings (SSSR count). The summed E-state index contributed by atoms with van der Waals surface area (Å²) in [5.41, 5.74) is 1.66. The quantitative estimate of drug-likeness (QED) is 0.707. The number of halogens is 1. The molecule has 28 heavy (non-hydrogen) atoms. The molecule has 2 N–H and O–H groups in total. The summed E-state index contributed by atoms with van der Waals surface area (Å²) in [6.07, 6.45) is 1.50. The van der Waals surface area contributed by atoms with Gasteiger partial charge in [-0.1, -0.05) is 12.1 Å². The van der Waals surface area contributed by atoms with Gasteiger partial charge in [-0.15, -0.1) is 0 Å². The number of nitrogens with one attached hydrogen (secondary N) is 2. The van der Waals surface area contributed by atoms with Gasteiger partial charge >= 0.3 is 0 Å². The highest BCUT2D eigenvalue weighted by atomic mass is 19.1. The van der Waals surface area contributed by atoms with Crippen molar-refractivity contribution in [3.8, 4) is 11.5 Å². The Balaban J connectivity index is 1.42. The summed E-state index contributed by atoms with van der Waals surface area (Å²) in [5, 5.41) is 5.80. The maximum Gasteiger partial charge on any atom is 0.274 e. The molecule has 2 heterocycles. The lowest BCUT2D eigenvalue weighted by Crippen LogP contribution is -2.17. The molecule has 8 heteroatoms. The van der Waals surface area contributed by atoms with Crippen LogP contribution in [0.2, 0.25) is 0 Å². The summed E-state index contributed by atoms with van der Waals surface area (Å²) in [5.74, 6) is 0.882. The van der Waals surface area contributed by atoms with Crippen LogP contribution in [0.5, 0.6) is 11.5 Å². The van der Waals surface area contributed by atoms with Gasteiger partial charge in [-0.25, -0.2) is 14.4 Å². The fourth-order valence-corrected chi connectivity index (χ4v) is 2.67. The molecule has 0 saturated heterocycles. The summed E-state index contributed by atoms with van der Waals surface area (Å²) in [4.78, 5) is 20.8. The molecule has 1 aliphatic rings. The van der Waals surface area contributed by atoms with E-state index in [1.165, 1.54) is 24.4 Å². The number of benzene rings is 2. The highest BCUT2D eigenvalue weighted by Gasteiger charge is 2.14. The first-order chi connectivity index (χ1) is 13.7. The number of amides is 1. The summed E-state index contributed by atoms with van der Waals surface area (Å²) in [6, 6.07) is 12.8. The number of carbonyl (C=O) groups is 1. The number of carbonyl (C=O) groups excluding carboxylic acids is 1. The van der Waals surface area contributed by atoms with Gasteiger partial charge in [0.2, 0.25) is 5.95 Å². The summed E-state index contributed by atoms with van der Waals surface area (Å²) in [7, 11) is 0. The van der Waals surface area contributed by atoms with Gasteiger partial charge in [0.05, 0.1) is 0 Å². The predicted molar refractivity (Wildman–Crippen MR) is 101 cm³/mol. The average Bonchev–Trinajstić information content (AvgIpc) is 2.73. The number of ether oxygens (including phenoxy) is 2. The van der Waals surface area contributed by atoms with Gasteiger partial charge in [-0.3, -0.25) is 4.79 Å². The zero-order valence-electron chi connectivity index (χ0n) is 14.8. The van der Waals surface area contributed by atoms with Crippen molar-refractivity contribution in [2.75, 3.05) is 23.8 Å². The van der Waals surface area contributed by atoms with Crippen molar-refractivity contribution >= 4 is 17.5 Å². The smallest absolute Gasteiger partial charge is 0.274 e. The Labute approximate surface area is 160 Å². The van der Waals surface area contributed by atoms with Crippen molar-refractivity contribution in [2.45, 2.75) is 6.54 Å². The fourth-order valence-electron chi connectivity index (χ4n) is 2.67. The van der Waals surface area contributed by atoms with Crippen molar-refractivity contribution in [2.24, 2.45) is 0 Å². The largest absolute Gasteiger partial charge is 0.486 e. The second-order valence-corrected chi connectivity index (χ2v) is 6.06. The minimum Gasteiger partial charge on any atom is -0.486 e. The van der Waals surface area contributed by atoms with E-state index < -0.39 is 0 Å². The van der Waals surface area contributed by atoms with Crippen LogP contribution < -0.4 is 20.1 Å². The van der Waals surface area contributed by atoms with Crippen LogP contribution in [-0.4, -0.2) is 29.1 Å². The van der Waals surface area contributed by atoms with Gasteiger partial charge in [0, 0.05) is 24.5 Å². The molecule has 0 atom stereocenters. The predicted octanol–water partition coefficient (Wildman–Crippen LogP) is 3.25. The minimum atomic E-state index is -0.371. The van der Waals surface area contributed by atoms with Gasteiger partial charge in [-0.2, -0.15) is 0 Å². The van der Waals surface area contributed by atoms with E-state index in [-0.39, 0.29) is 17.4 Å². The number of anilines is 2. The Bertz CT molecular complexity index is 995. The Kier molecular flexibility index (Phi) is 5.01. The first-order valence-electron chi connectivity index (χ1n) is 8.70. The van der Waals surface area contributed by atoms with Crippen LogP contribution in [0.3, 0.4) is 0 Å². The van der Waals surface area contributed by atoms with Crippen LogP contribution in [0.15, 0.2) is 54.7 Å². The molecule has 7 nitrogen and oxygen atoms in total. The Morgan fingerprint density at radius 1 is 1.04 bits per heavy atom. The fraction of sp³-hybridized carbons (Fsp3) is 0.150. The van der Waals surface area contributed by atoms with E-state index >= 15 is 0 Å². The second kappa shape index (κ2) is 7.91. The third-order valence-electron chi connectivity index (χ3n) is 4.05. The lowest BCUT2D eigenvalue weighted by molar-refractivity contribution is 0.102. The highest BCUT2D eigenvalue weighted by molar-refractivity contribution is 6.03. The maximum atomic E-state index is 13.0. The normalized spacial score (nSPS) is 12.3. The summed E-state index contributed by atoms with van der Waals surface area (Å²) >= 11 is 0. The van der Waals surface area contributed by atoms with Crippen LogP contribution in [0.25, 0.3) is 0 Å². The zero-order chi connectivity index (χ0) is 19.3. The molecule has 0 spiro atoms. The van der Waals surface area contributed by atoms with Crippen LogP contribution in [0.1, 0.15) is 16.1 Å². The number of hydrogen-bond acceptors (Lipinski definition) is 6. The van der Waals surface area contributed by atoms with E-state index in [0.29, 0.717) is 42.9 Å². The standard InChI is InChI=1S/C20H17FN4O3/c21-14-3-1-13(2-4-14)12-23-20-22-8-7-16(25-20)19(26)24-15-5-6-17-18(11-15)28-10-9-27-17/h1-8,11H,9-10,12H2,(H,24,26)(H,22,23,25). The molecule has 1 aromatic heterocycles. The molecule has 0 aliphatic carbocycles. The van der Waals surface area contributed by atoms with Crippen molar-refractivity contribution in [3.05, 3.63) is 71.8 Å². The van der Waals surface area contributed by atoms with Crippen molar-refractivity contribution < 1.29 is 18.7 Å². The van der Waals surface area contributed by atoms with E-state index in [9.17, 15) is 9.18 Å². The molecule has 0 unspecified atom stereocenters. The molecule has 1 amide bonds. The van der Waals surface area contributed by atoms with Crippen molar-refractivity contribution in [1.82, 2.24) is 9.97 Å². The summed E-state index contributed by atoms with van der Waals surface area (Å²) in [6.45, 7) is 1.39. The van der Waals surface area contributed by atoms with Crippen LogP contribution in [0, 0.1) is 5.82 Å². The van der Waals surface area contributed by atoms with Gasteiger partial charge in [0.15, 0.2) is 11.5 Å². The van der Waals surface area contributed by atoms with E-state index in [1.807, 2.05) is 0 Å². The third kappa shape index (κ3) is 4.17. The molecule has 2 aromatic carbocycles. The Morgan fingerprint density at radius 2 is 1.82 bits per heavy atom. The Hall–Kier alpha value is -3.68. The van der Waals surface area contributed by atoms with Gasteiger partial charge in [0.1, 0.15) is 24.7 Å². The lowest BCUT2D eigenvalue weighted by Gasteiger charge is -2.19. The monoisotopic (exact) mass is 380 g/mol. The molecule has 1 aliphatic heterocycles. The van der Waals surface area contributed by atoms with Crippen LogP contribution >= 0.6 is 0 Å². The van der Waals surface area contributed by atoms with Gasteiger partial charge in [0.25, 0.3) is 5.91 Å². The van der Waals surface area contributed by atoms with E-state index in [1.54, 1.807) is 30.3 Å². The zero-order valence-corrected chi connectivity index (χ0v) is 14.8. The molecule has 142 valence electrons. The first-order valence-corrected chi connectivity index (χ1v) is 8.70. The van der Waals surface area contributed by atoms with Crippen LogP contribution in [-0.2, 0) is 6.54 Å². The van der Waals surface area contributed by atoms with E-state index in [0.717, 1.165) is 5.56 Å². The molecular formula is C20H17FN4O3. The maximum absolute atomic E-state index is 13.0. The number of rotatable bonds is 5. The average molecular weight is 380 g/mol. The molecular weight excluding hydrogens is 363 g/mol. The molecule has 0 fully saturated rings. The number of aromatic nitrogens is 2. The molecule has 0 saturated carbocycles. The minimum absolute atomic E-state index is 0.214. The van der Waals surface area contributed by atoms with E-state index in [2.05, 4.69) is 20.6 Å². The number of fused-ring (bicyclic) bond motifs is 1. The SMILES string of the molecule is O=C(Nc1ccc2c(c1)OCCO2)c1ccnc(NCc2ccc(F)cc2)n1. The van der Waals surface area contributed by atoms with Crippen molar-refractivity contribution in [1.29, 1.82) is 0 Å². The molecule has 0 radical (unpaired) electrons. The van der Waals surface area contributed by atoms with Crippen molar-refractivity contribution in [3.63, 3.8) is 0 Å². The Morgan fingerprint density at radius 3 is 2.64 bits per heavy atom. The lowest BCUT2D eigenvalue weighted by atomic mass is 10.2. The number of nitrogens with zero attached hydrogens (tertiary/aromatic N) is 2. The van der Waals surface area contributed by atoms with E-state index in [4.69, 9.17) is 9.47 Å². The molecule has 3 aromatic rings. The summed E-state index contributed by atoms with van der Waals surface area (Å²) < 4.78 is 23.9. The topological polar surface area (TPSA) is 85.4 Å². The highest BCUT2D eigenvalue weighted by Crippen LogP contribution is 2.32. The molecule has 0 bridgehead atoms. The number of hydrogen-bond donors (Lipinski definition) is 2. The first kappa shape index (κ1) is 17.7. The third-order valence-corrected chi connectivity index (χ3v) is 4.05. The second-order valence-electron chi connectivity index (χ2n) is 6.06. The van der Waals surface area contributed by atoms with Gasteiger partial charge in [-0.05, 0) is 35.9 Å².